The maximum absolute atomic E-state index is 13.5. The lowest BCUT2D eigenvalue weighted by Gasteiger charge is -2.09. The van der Waals surface area contributed by atoms with Crippen LogP contribution in [0.1, 0.15) is 10.4 Å². The van der Waals surface area contributed by atoms with E-state index in [9.17, 15) is 22.4 Å². The number of hydrogen-bond acceptors (Lipinski definition) is 1. The number of halogens is 5. The minimum atomic E-state index is -1.71. The second-order valence-corrected chi connectivity index (χ2v) is 4.63. The van der Waals surface area contributed by atoms with Crippen LogP contribution in [-0.2, 0) is 0 Å². The monoisotopic (exact) mass is 347 g/mol. The molecule has 0 aliphatic heterocycles. The smallest absolute Gasteiger partial charge is 0.259 e. The molecule has 104 valence electrons. The van der Waals surface area contributed by atoms with E-state index in [1.807, 2.05) is 5.32 Å². The Labute approximate surface area is 119 Å². The van der Waals surface area contributed by atoms with E-state index in [1.54, 1.807) is 0 Å². The number of anilines is 1. The molecule has 2 aromatic rings. The van der Waals surface area contributed by atoms with E-state index >= 15 is 0 Å². The van der Waals surface area contributed by atoms with E-state index in [1.165, 1.54) is 12.1 Å². The molecule has 0 atom stereocenters. The molecule has 20 heavy (non-hydrogen) atoms. The standard InChI is InChI=1S/C13H6BrF4NO/c14-6-2-1-3-7(15)10(6)13(20)19-9-5-4-8(16)11(17)12(9)18/h1-5H,(H,19,20). The highest BCUT2D eigenvalue weighted by atomic mass is 79.9. The summed E-state index contributed by atoms with van der Waals surface area (Å²) in [6, 6.07) is 5.33. The van der Waals surface area contributed by atoms with Crippen molar-refractivity contribution >= 4 is 27.5 Å². The maximum atomic E-state index is 13.5. The van der Waals surface area contributed by atoms with Crippen LogP contribution in [0.3, 0.4) is 0 Å². The van der Waals surface area contributed by atoms with Crippen LogP contribution in [0.15, 0.2) is 34.8 Å². The molecule has 0 radical (unpaired) electrons. The minimum Gasteiger partial charge on any atom is -0.319 e. The summed E-state index contributed by atoms with van der Waals surface area (Å²) in [6.07, 6.45) is 0. The molecular weight excluding hydrogens is 342 g/mol. The second-order valence-electron chi connectivity index (χ2n) is 3.77. The van der Waals surface area contributed by atoms with E-state index < -0.39 is 34.9 Å². The van der Waals surface area contributed by atoms with Crippen LogP contribution in [0, 0.1) is 23.3 Å². The van der Waals surface area contributed by atoms with Gasteiger partial charge in [-0.3, -0.25) is 4.79 Å². The molecule has 2 aromatic carbocycles. The highest BCUT2D eigenvalue weighted by Crippen LogP contribution is 2.23. The predicted molar refractivity (Wildman–Crippen MR) is 68.4 cm³/mol. The average Bonchev–Trinajstić information content (AvgIpc) is 2.39. The van der Waals surface area contributed by atoms with Crippen molar-refractivity contribution in [1.29, 1.82) is 0 Å². The van der Waals surface area contributed by atoms with Crippen molar-refractivity contribution < 1.29 is 22.4 Å². The Morgan fingerprint density at radius 1 is 0.950 bits per heavy atom. The van der Waals surface area contributed by atoms with Gasteiger partial charge in [0.05, 0.1) is 11.3 Å². The number of amides is 1. The van der Waals surface area contributed by atoms with Crippen LogP contribution in [0.4, 0.5) is 23.2 Å². The number of nitrogens with one attached hydrogen (secondary N) is 1. The Balaban J connectivity index is 2.36. The van der Waals surface area contributed by atoms with Gasteiger partial charge in [-0.2, -0.15) is 0 Å². The molecule has 0 unspecified atom stereocenters. The van der Waals surface area contributed by atoms with Gasteiger partial charge in [0.2, 0.25) is 0 Å². The SMILES string of the molecule is O=C(Nc1ccc(F)c(F)c1F)c1c(F)cccc1Br. The molecule has 2 nitrogen and oxygen atoms in total. The van der Waals surface area contributed by atoms with Crippen LogP contribution >= 0.6 is 15.9 Å². The number of hydrogen-bond donors (Lipinski definition) is 1. The minimum absolute atomic E-state index is 0.151. The van der Waals surface area contributed by atoms with Gasteiger partial charge in [-0.25, -0.2) is 17.6 Å². The van der Waals surface area contributed by atoms with Gasteiger partial charge in [0.15, 0.2) is 17.5 Å². The Morgan fingerprint density at radius 3 is 2.30 bits per heavy atom. The summed E-state index contributed by atoms with van der Waals surface area (Å²) >= 11 is 2.98. The molecule has 0 bridgehead atoms. The quantitative estimate of drug-likeness (QED) is 0.638. The highest BCUT2D eigenvalue weighted by molar-refractivity contribution is 9.10. The van der Waals surface area contributed by atoms with Crippen molar-refractivity contribution in [3.05, 3.63) is 63.6 Å². The topological polar surface area (TPSA) is 29.1 Å². The van der Waals surface area contributed by atoms with Crippen molar-refractivity contribution in [2.24, 2.45) is 0 Å². The lowest BCUT2D eigenvalue weighted by atomic mass is 10.2. The number of benzene rings is 2. The van der Waals surface area contributed by atoms with Gasteiger partial charge in [0, 0.05) is 4.47 Å². The Bertz CT molecular complexity index is 670. The molecular formula is C13H6BrF4NO. The van der Waals surface area contributed by atoms with Gasteiger partial charge in [-0.1, -0.05) is 6.07 Å². The van der Waals surface area contributed by atoms with Gasteiger partial charge in [-0.05, 0) is 40.2 Å². The van der Waals surface area contributed by atoms with Crippen LogP contribution < -0.4 is 5.32 Å². The molecule has 0 heterocycles. The zero-order valence-corrected chi connectivity index (χ0v) is 11.3. The number of carbonyl (C=O) groups excluding carboxylic acids is 1. The Morgan fingerprint density at radius 2 is 1.65 bits per heavy atom. The zero-order chi connectivity index (χ0) is 14.9. The lowest BCUT2D eigenvalue weighted by Crippen LogP contribution is -2.16. The molecule has 7 heteroatoms. The van der Waals surface area contributed by atoms with E-state index in [0.717, 1.165) is 12.1 Å². The van der Waals surface area contributed by atoms with E-state index in [4.69, 9.17) is 0 Å². The summed E-state index contributed by atoms with van der Waals surface area (Å²) in [5, 5.41) is 1.99. The fraction of sp³-hybridized carbons (Fsp3) is 0. The molecule has 0 fully saturated rings. The van der Waals surface area contributed by atoms with Crippen molar-refractivity contribution in [2.75, 3.05) is 5.32 Å². The van der Waals surface area contributed by atoms with Gasteiger partial charge in [-0.15, -0.1) is 0 Å². The lowest BCUT2D eigenvalue weighted by molar-refractivity contribution is 0.102. The summed E-state index contributed by atoms with van der Waals surface area (Å²) < 4.78 is 52.9. The molecule has 0 saturated carbocycles. The molecule has 0 aliphatic rings. The average molecular weight is 348 g/mol. The normalized spacial score (nSPS) is 10.4. The van der Waals surface area contributed by atoms with Crippen molar-refractivity contribution in [1.82, 2.24) is 0 Å². The van der Waals surface area contributed by atoms with Crippen molar-refractivity contribution in [3.63, 3.8) is 0 Å². The van der Waals surface area contributed by atoms with Gasteiger partial charge >= 0.3 is 0 Å². The highest BCUT2D eigenvalue weighted by Gasteiger charge is 2.19. The van der Waals surface area contributed by atoms with Gasteiger partial charge in [0.1, 0.15) is 5.82 Å². The van der Waals surface area contributed by atoms with E-state index in [-0.39, 0.29) is 10.0 Å². The summed E-state index contributed by atoms with van der Waals surface area (Å²) in [5.74, 6) is -6.46. The molecule has 1 N–H and O–H groups in total. The third kappa shape index (κ3) is 2.67. The summed E-state index contributed by atoms with van der Waals surface area (Å²) in [5.41, 5.74) is -0.944. The van der Waals surface area contributed by atoms with Crippen LogP contribution in [-0.4, -0.2) is 5.91 Å². The van der Waals surface area contributed by atoms with Crippen LogP contribution in [0.5, 0.6) is 0 Å². The first-order valence-corrected chi connectivity index (χ1v) is 6.10. The maximum Gasteiger partial charge on any atom is 0.259 e. The fourth-order valence-electron chi connectivity index (χ4n) is 1.52. The third-order valence-electron chi connectivity index (χ3n) is 2.47. The summed E-state index contributed by atoms with van der Waals surface area (Å²) in [4.78, 5) is 11.8. The predicted octanol–water partition coefficient (Wildman–Crippen LogP) is 4.26. The molecule has 0 aliphatic carbocycles. The third-order valence-corrected chi connectivity index (χ3v) is 3.13. The first-order valence-electron chi connectivity index (χ1n) is 5.30. The van der Waals surface area contributed by atoms with Crippen molar-refractivity contribution in [2.45, 2.75) is 0 Å². The molecule has 2 rings (SSSR count). The number of rotatable bonds is 2. The first kappa shape index (κ1) is 14.5. The van der Waals surface area contributed by atoms with Crippen LogP contribution in [0.2, 0.25) is 0 Å². The van der Waals surface area contributed by atoms with E-state index in [0.29, 0.717) is 6.07 Å². The molecule has 0 spiro atoms. The second kappa shape index (κ2) is 5.62. The molecule has 0 aromatic heterocycles. The van der Waals surface area contributed by atoms with E-state index in [2.05, 4.69) is 15.9 Å². The van der Waals surface area contributed by atoms with Gasteiger partial charge < -0.3 is 5.32 Å². The molecule has 0 saturated heterocycles. The van der Waals surface area contributed by atoms with Gasteiger partial charge in [0.25, 0.3) is 5.91 Å². The Kier molecular flexibility index (Phi) is 4.08. The number of carbonyl (C=O) groups is 1. The summed E-state index contributed by atoms with van der Waals surface area (Å²) in [7, 11) is 0. The Hall–Kier alpha value is -1.89. The van der Waals surface area contributed by atoms with Crippen molar-refractivity contribution in [3.8, 4) is 0 Å². The molecule has 1 amide bonds. The van der Waals surface area contributed by atoms with Crippen LogP contribution in [0.25, 0.3) is 0 Å². The first-order chi connectivity index (χ1) is 9.41. The fourth-order valence-corrected chi connectivity index (χ4v) is 2.04. The largest absolute Gasteiger partial charge is 0.319 e. The zero-order valence-electron chi connectivity index (χ0n) is 9.68. The summed E-state index contributed by atoms with van der Waals surface area (Å²) in [6.45, 7) is 0.